The number of hydrogen-bond acceptors (Lipinski definition) is 2. The van der Waals surface area contributed by atoms with E-state index in [1.807, 2.05) is 12.3 Å². The van der Waals surface area contributed by atoms with Gasteiger partial charge in [0.05, 0.1) is 5.56 Å². The summed E-state index contributed by atoms with van der Waals surface area (Å²) in [6, 6.07) is 32.3. The van der Waals surface area contributed by atoms with Crippen LogP contribution in [0.25, 0.3) is 54.6 Å². The highest BCUT2D eigenvalue weighted by Gasteiger charge is 2.12. The summed E-state index contributed by atoms with van der Waals surface area (Å²) in [4.78, 5) is 4.22. The molecule has 0 N–H and O–H groups in total. The van der Waals surface area contributed by atoms with E-state index in [9.17, 15) is 5.26 Å². The van der Waals surface area contributed by atoms with E-state index in [-0.39, 0.29) is 0 Å². The van der Waals surface area contributed by atoms with Crippen LogP contribution in [-0.2, 0) is 0 Å². The summed E-state index contributed by atoms with van der Waals surface area (Å²) in [5.74, 6) is 0. The molecule has 0 bridgehead atoms. The van der Waals surface area contributed by atoms with Crippen LogP contribution < -0.4 is 0 Å². The Bertz CT molecular complexity index is 1590. The zero-order valence-corrected chi connectivity index (χ0v) is 16.1. The van der Waals surface area contributed by atoms with Crippen LogP contribution >= 0.6 is 0 Å². The van der Waals surface area contributed by atoms with E-state index < -0.39 is 0 Å². The molecule has 0 saturated heterocycles. The predicted molar refractivity (Wildman–Crippen MR) is 124 cm³/mol. The third kappa shape index (κ3) is 2.46. The number of aromatic nitrogens is 1. The molecule has 0 amide bonds. The summed E-state index contributed by atoms with van der Waals surface area (Å²) in [6.45, 7) is 0. The van der Waals surface area contributed by atoms with Crippen molar-refractivity contribution in [2.75, 3.05) is 0 Å². The summed E-state index contributed by atoms with van der Waals surface area (Å²) >= 11 is 0. The van der Waals surface area contributed by atoms with Crippen LogP contribution in [0.4, 0.5) is 0 Å². The van der Waals surface area contributed by atoms with E-state index in [0.29, 0.717) is 5.56 Å². The minimum Gasteiger partial charge on any atom is -0.263 e. The van der Waals surface area contributed by atoms with Crippen molar-refractivity contribution in [1.29, 1.82) is 5.26 Å². The summed E-state index contributed by atoms with van der Waals surface area (Å²) in [5, 5.41) is 16.9. The Balaban J connectivity index is 1.61. The molecule has 2 nitrogen and oxygen atoms in total. The SMILES string of the molecule is N#Cc1cncc(-c2cccc(-c3ccc4ccc5cccc6ccc3c4c56)c2)c1. The Labute approximate surface area is 174 Å². The molecule has 0 fully saturated rings. The average Bonchev–Trinajstić information content (AvgIpc) is 2.82. The molecule has 0 spiro atoms. The summed E-state index contributed by atoms with van der Waals surface area (Å²) in [6.07, 6.45) is 3.40. The lowest BCUT2D eigenvalue weighted by molar-refractivity contribution is 1.30. The highest BCUT2D eigenvalue weighted by atomic mass is 14.6. The monoisotopic (exact) mass is 380 g/mol. The molecule has 0 aliphatic heterocycles. The summed E-state index contributed by atoms with van der Waals surface area (Å²) < 4.78 is 0. The first kappa shape index (κ1) is 16.7. The zero-order chi connectivity index (χ0) is 20.1. The van der Waals surface area contributed by atoms with Gasteiger partial charge < -0.3 is 0 Å². The van der Waals surface area contributed by atoms with E-state index in [2.05, 4.69) is 89.9 Å². The second kappa shape index (κ2) is 6.40. The number of pyridine rings is 1. The lowest BCUT2D eigenvalue weighted by Crippen LogP contribution is -1.88. The standard InChI is InChI=1S/C28H16N2/c29-15-18-13-24(17-30-16-18)22-5-2-6-23(14-22)25-11-9-21-8-7-19-3-1-4-20-10-12-26(25)28(21)27(19)20/h1-14,16-17H. The van der Waals surface area contributed by atoms with Gasteiger partial charge in [-0.1, -0.05) is 72.8 Å². The predicted octanol–water partition coefficient (Wildman–Crippen LogP) is 7.18. The molecule has 2 heteroatoms. The Kier molecular flexibility index (Phi) is 3.57. The fourth-order valence-electron chi connectivity index (χ4n) is 4.51. The van der Waals surface area contributed by atoms with Crippen molar-refractivity contribution >= 4 is 32.3 Å². The molecule has 30 heavy (non-hydrogen) atoms. The number of nitrogens with zero attached hydrogens (tertiary/aromatic N) is 2. The van der Waals surface area contributed by atoms with Crippen LogP contribution in [0, 0.1) is 11.3 Å². The van der Waals surface area contributed by atoms with Crippen molar-refractivity contribution in [1.82, 2.24) is 4.98 Å². The van der Waals surface area contributed by atoms with Crippen LogP contribution in [0.1, 0.15) is 5.56 Å². The lowest BCUT2D eigenvalue weighted by Gasteiger charge is -2.14. The van der Waals surface area contributed by atoms with E-state index in [1.54, 1.807) is 6.20 Å². The van der Waals surface area contributed by atoms with Crippen molar-refractivity contribution in [3.8, 4) is 28.3 Å². The topological polar surface area (TPSA) is 36.7 Å². The van der Waals surface area contributed by atoms with E-state index in [0.717, 1.165) is 16.7 Å². The maximum atomic E-state index is 9.20. The van der Waals surface area contributed by atoms with Crippen LogP contribution in [0.5, 0.6) is 0 Å². The van der Waals surface area contributed by atoms with Crippen molar-refractivity contribution in [2.45, 2.75) is 0 Å². The first-order valence-corrected chi connectivity index (χ1v) is 9.94. The van der Waals surface area contributed by atoms with Gasteiger partial charge in [0.1, 0.15) is 6.07 Å². The molecule has 0 aliphatic rings. The molecule has 1 aromatic heterocycles. The Hall–Kier alpha value is -4.22. The van der Waals surface area contributed by atoms with Gasteiger partial charge >= 0.3 is 0 Å². The quantitative estimate of drug-likeness (QED) is 0.298. The van der Waals surface area contributed by atoms with Gasteiger partial charge in [-0.3, -0.25) is 4.98 Å². The van der Waals surface area contributed by atoms with Gasteiger partial charge in [0.2, 0.25) is 0 Å². The molecule has 5 aromatic carbocycles. The van der Waals surface area contributed by atoms with Crippen LogP contribution in [0.3, 0.4) is 0 Å². The molecule has 0 aliphatic carbocycles. The maximum Gasteiger partial charge on any atom is 0.101 e. The highest BCUT2D eigenvalue weighted by molar-refractivity contribution is 6.25. The number of benzene rings is 5. The molecule has 0 saturated carbocycles. The third-order valence-electron chi connectivity index (χ3n) is 5.90. The molecule has 0 radical (unpaired) electrons. The van der Waals surface area contributed by atoms with E-state index >= 15 is 0 Å². The van der Waals surface area contributed by atoms with E-state index in [4.69, 9.17) is 0 Å². The minimum atomic E-state index is 0.570. The van der Waals surface area contributed by atoms with Gasteiger partial charge in [0.25, 0.3) is 0 Å². The Morgan fingerprint density at radius 2 is 1.30 bits per heavy atom. The lowest BCUT2D eigenvalue weighted by atomic mass is 9.89. The highest BCUT2D eigenvalue weighted by Crippen LogP contribution is 2.39. The summed E-state index contributed by atoms with van der Waals surface area (Å²) in [7, 11) is 0. The Morgan fingerprint density at radius 3 is 2.13 bits per heavy atom. The van der Waals surface area contributed by atoms with E-state index in [1.165, 1.54) is 37.9 Å². The normalized spacial score (nSPS) is 11.3. The molecule has 0 unspecified atom stereocenters. The van der Waals surface area contributed by atoms with Gasteiger partial charge in [-0.05, 0) is 61.1 Å². The van der Waals surface area contributed by atoms with Crippen molar-refractivity contribution < 1.29 is 0 Å². The molecule has 0 atom stereocenters. The Morgan fingerprint density at radius 1 is 0.600 bits per heavy atom. The van der Waals surface area contributed by atoms with Gasteiger partial charge in [-0.25, -0.2) is 0 Å². The van der Waals surface area contributed by atoms with Crippen LogP contribution in [-0.4, -0.2) is 4.98 Å². The molecule has 6 rings (SSSR count). The first-order chi connectivity index (χ1) is 14.8. The van der Waals surface area contributed by atoms with Gasteiger partial charge in [0.15, 0.2) is 0 Å². The minimum absolute atomic E-state index is 0.570. The van der Waals surface area contributed by atoms with Crippen molar-refractivity contribution in [2.24, 2.45) is 0 Å². The summed E-state index contributed by atoms with van der Waals surface area (Å²) in [5.41, 5.74) is 4.96. The number of nitriles is 1. The average molecular weight is 380 g/mol. The third-order valence-corrected chi connectivity index (χ3v) is 5.90. The fraction of sp³-hybridized carbons (Fsp3) is 0. The first-order valence-electron chi connectivity index (χ1n) is 9.94. The van der Waals surface area contributed by atoms with Crippen LogP contribution in [0.2, 0.25) is 0 Å². The second-order valence-corrected chi connectivity index (χ2v) is 7.62. The number of rotatable bonds is 2. The zero-order valence-electron chi connectivity index (χ0n) is 16.1. The molecule has 6 aromatic rings. The molecular formula is C28H16N2. The van der Waals surface area contributed by atoms with Crippen LogP contribution in [0.15, 0.2) is 97.3 Å². The fourth-order valence-corrected chi connectivity index (χ4v) is 4.51. The maximum absolute atomic E-state index is 9.20. The number of hydrogen-bond donors (Lipinski definition) is 0. The molecule has 1 heterocycles. The van der Waals surface area contributed by atoms with Crippen molar-refractivity contribution in [3.05, 3.63) is 103 Å². The molecular weight excluding hydrogens is 364 g/mol. The molecule has 138 valence electrons. The van der Waals surface area contributed by atoms with Gasteiger partial charge in [-0.2, -0.15) is 5.26 Å². The largest absolute Gasteiger partial charge is 0.263 e. The second-order valence-electron chi connectivity index (χ2n) is 7.62. The van der Waals surface area contributed by atoms with Gasteiger partial charge in [-0.15, -0.1) is 0 Å². The van der Waals surface area contributed by atoms with Gasteiger partial charge in [0, 0.05) is 18.0 Å². The smallest absolute Gasteiger partial charge is 0.101 e. The van der Waals surface area contributed by atoms with Crippen molar-refractivity contribution in [3.63, 3.8) is 0 Å².